The fourth-order valence-electron chi connectivity index (χ4n) is 3.02. The molecule has 8 nitrogen and oxygen atoms in total. The number of fused-ring (bicyclic) bond motifs is 2. The molecule has 4 aromatic heterocycles. The Balaban J connectivity index is 1.29. The van der Waals surface area contributed by atoms with E-state index in [1.165, 1.54) is 6.20 Å². The second kappa shape index (κ2) is 6.83. The monoisotopic (exact) mass is 384 g/mol. The van der Waals surface area contributed by atoms with E-state index in [9.17, 15) is 4.79 Å². The predicted octanol–water partition coefficient (Wildman–Crippen LogP) is 3.17. The Morgan fingerprint density at radius 3 is 2.93 bits per heavy atom. The van der Waals surface area contributed by atoms with Crippen molar-refractivity contribution >= 4 is 22.8 Å². The third kappa shape index (κ3) is 3.31. The van der Waals surface area contributed by atoms with E-state index in [1.54, 1.807) is 29.2 Å². The third-order valence-corrected chi connectivity index (χ3v) is 4.55. The van der Waals surface area contributed by atoms with Crippen LogP contribution in [0, 0.1) is 6.92 Å². The van der Waals surface area contributed by atoms with Crippen molar-refractivity contribution in [1.29, 1.82) is 0 Å². The molecule has 1 amide bonds. The number of nitrogens with zero attached hydrogens (tertiary/aromatic N) is 5. The average molecular weight is 384 g/mol. The second-order valence-electron chi connectivity index (χ2n) is 6.69. The van der Waals surface area contributed by atoms with Gasteiger partial charge in [-0.1, -0.05) is 6.07 Å². The summed E-state index contributed by atoms with van der Waals surface area (Å²) in [5.41, 5.74) is 4.64. The van der Waals surface area contributed by atoms with E-state index in [2.05, 4.69) is 25.3 Å². The van der Waals surface area contributed by atoms with Crippen LogP contribution in [0.1, 0.15) is 21.6 Å². The normalized spacial score (nSPS) is 11.2. The van der Waals surface area contributed by atoms with Crippen molar-refractivity contribution in [1.82, 2.24) is 29.7 Å². The van der Waals surface area contributed by atoms with E-state index in [0.29, 0.717) is 23.8 Å². The molecule has 0 bridgehead atoms. The molecule has 4 heterocycles. The summed E-state index contributed by atoms with van der Waals surface area (Å²) in [6.07, 6.45) is 8.26. The van der Waals surface area contributed by atoms with Gasteiger partial charge in [0.2, 0.25) is 11.7 Å². The molecule has 0 spiro atoms. The molecule has 142 valence electrons. The van der Waals surface area contributed by atoms with E-state index in [1.807, 2.05) is 37.3 Å². The molecule has 0 fully saturated rings. The molecule has 5 aromatic rings. The fourth-order valence-corrected chi connectivity index (χ4v) is 3.02. The minimum absolute atomic E-state index is 0.228. The molecule has 5 rings (SSSR count). The van der Waals surface area contributed by atoms with Gasteiger partial charge in [-0.3, -0.25) is 14.2 Å². The molecule has 0 aliphatic heterocycles. The highest BCUT2D eigenvalue weighted by Crippen LogP contribution is 2.24. The van der Waals surface area contributed by atoms with Crippen molar-refractivity contribution in [2.75, 3.05) is 0 Å². The molecule has 1 N–H and O–H groups in total. The van der Waals surface area contributed by atoms with Gasteiger partial charge in [-0.05, 0) is 36.8 Å². The number of benzene rings is 1. The lowest BCUT2D eigenvalue weighted by Crippen LogP contribution is -2.23. The first-order valence-electron chi connectivity index (χ1n) is 9.05. The Morgan fingerprint density at radius 2 is 2.07 bits per heavy atom. The molecule has 8 heteroatoms. The van der Waals surface area contributed by atoms with Gasteiger partial charge < -0.3 is 9.73 Å². The Kier molecular flexibility index (Phi) is 4.02. The number of pyridine rings is 1. The number of imidazole rings is 1. The summed E-state index contributed by atoms with van der Waals surface area (Å²) < 4.78 is 7.52. The van der Waals surface area contributed by atoms with Gasteiger partial charge in [-0.2, -0.15) is 0 Å². The van der Waals surface area contributed by atoms with Gasteiger partial charge in [0.15, 0.2) is 5.58 Å². The zero-order valence-corrected chi connectivity index (χ0v) is 15.5. The highest BCUT2D eigenvalue weighted by molar-refractivity contribution is 5.93. The summed E-state index contributed by atoms with van der Waals surface area (Å²) >= 11 is 0. The van der Waals surface area contributed by atoms with Crippen LogP contribution < -0.4 is 5.32 Å². The summed E-state index contributed by atoms with van der Waals surface area (Å²) in [6.45, 7) is 2.31. The number of amides is 1. The van der Waals surface area contributed by atoms with Gasteiger partial charge in [-0.15, -0.1) is 0 Å². The van der Waals surface area contributed by atoms with Crippen molar-refractivity contribution < 1.29 is 9.21 Å². The topological polar surface area (TPSA) is 98.2 Å². The number of aryl methyl sites for hydroxylation is 1. The molecule has 0 saturated carbocycles. The molecule has 0 radical (unpaired) electrons. The molecule has 29 heavy (non-hydrogen) atoms. The van der Waals surface area contributed by atoms with Gasteiger partial charge in [0.1, 0.15) is 5.52 Å². The van der Waals surface area contributed by atoms with Crippen LogP contribution in [0.2, 0.25) is 0 Å². The van der Waals surface area contributed by atoms with Crippen molar-refractivity contribution in [3.8, 4) is 11.5 Å². The van der Waals surface area contributed by atoms with Crippen molar-refractivity contribution in [3.63, 3.8) is 0 Å². The highest BCUT2D eigenvalue weighted by Gasteiger charge is 2.11. The first kappa shape index (κ1) is 17.1. The molecule has 0 aliphatic rings. The minimum Gasteiger partial charge on any atom is -0.436 e. The van der Waals surface area contributed by atoms with Crippen LogP contribution in [0.25, 0.3) is 28.3 Å². The lowest BCUT2D eigenvalue weighted by Gasteiger charge is -2.05. The molecule has 0 aliphatic carbocycles. The third-order valence-electron chi connectivity index (χ3n) is 4.55. The summed E-state index contributed by atoms with van der Waals surface area (Å²) in [7, 11) is 0. The maximum Gasteiger partial charge on any atom is 0.254 e. The van der Waals surface area contributed by atoms with E-state index >= 15 is 0 Å². The number of carbonyl (C=O) groups is 1. The van der Waals surface area contributed by atoms with Crippen LogP contribution in [-0.4, -0.2) is 30.2 Å². The van der Waals surface area contributed by atoms with Crippen molar-refractivity contribution in [2.45, 2.75) is 13.5 Å². The predicted molar refractivity (Wildman–Crippen MR) is 106 cm³/mol. The largest absolute Gasteiger partial charge is 0.436 e. The number of carbonyl (C=O) groups excluding carboxylic acids is 1. The molecular weight excluding hydrogens is 368 g/mol. The Hall–Kier alpha value is -4.07. The number of hydrogen-bond acceptors (Lipinski definition) is 6. The summed E-state index contributed by atoms with van der Waals surface area (Å²) in [6, 6.07) is 9.61. The quantitative estimate of drug-likeness (QED) is 0.511. The van der Waals surface area contributed by atoms with Gasteiger partial charge in [0, 0.05) is 31.0 Å². The van der Waals surface area contributed by atoms with Crippen LogP contribution >= 0.6 is 0 Å². The molecule has 0 unspecified atom stereocenters. The highest BCUT2D eigenvalue weighted by atomic mass is 16.3. The number of hydrogen-bond donors (Lipinski definition) is 1. The second-order valence-corrected chi connectivity index (χ2v) is 6.69. The van der Waals surface area contributed by atoms with Crippen LogP contribution in [0.4, 0.5) is 0 Å². The van der Waals surface area contributed by atoms with E-state index < -0.39 is 0 Å². The molecule has 1 aromatic carbocycles. The summed E-state index contributed by atoms with van der Waals surface area (Å²) in [5, 5.41) is 2.84. The van der Waals surface area contributed by atoms with E-state index in [4.69, 9.17) is 4.42 Å². The zero-order chi connectivity index (χ0) is 19.8. The number of nitrogens with one attached hydrogen (secondary N) is 1. The average Bonchev–Trinajstić information content (AvgIpc) is 3.38. The molecule has 0 saturated heterocycles. The lowest BCUT2D eigenvalue weighted by atomic mass is 10.2. The smallest absolute Gasteiger partial charge is 0.254 e. The van der Waals surface area contributed by atoms with Gasteiger partial charge in [-0.25, -0.2) is 15.0 Å². The SMILES string of the molecule is Cc1ccc2nc(-c3ccc(CNC(=O)c4cnc5nccn5c4)nc3)oc2c1. The van der Waals surface area contributed by atoms with Gasteiger partial charge in [0.05, 0.1) is 23.4 Å². The van der Waals surface area contributed by atoms with Crippen molar-refractivity contribution in [2.24, 2.45) is 0 Å². The minimum atomic E-state index is -0.228. The Morgan fingerprint density at radius 1 is 1.14 bits per heavy atom. The van der Waals surface area contributed by atoms with Gasteiger partial charge >= 0.3 is 0 Å². The van der Waals surface area contributed by atoms with E-state index in [-0.39, 0.29) is 5.91 Å². The standard InChI is InChI=1S/C21H16N6O2/c1-13-2-5-17-18(8-13)29-20(26-17)14-3-4-16(23-9-14)11-24-19(28)15-10-25-21-22-6-7-27(21)12-15/h2-10,12H,11H2,1H3,(H,24,28). The first-order valence-corrected chi connectivity index (χ1v) is 9.05. The summed E-state index contributed by atoms with van der Waals surface area (Å²) in [4.78, 5) is 29.5. The first-order chi connectivity index (χ1) is 14.2. The molecule has 0 atom stereocenters. The van der Waals surface area contributed by atoms with Crippen LogP contribution in [0.15, 0.2) is 65.7 Å². The van der Waals surface area contributed by atoms with Crippen LogP contribution in [0.5, 0.6) is 0 Å². The number of rotatable bonds is 4. The van der Waals surface area contributed by atoms with Crippen LogP contribution in [0.3, 0.4) is 0 Å². The maximum atomic E-state index is 12.4. The fraction of sp³-hybridized carbons (Fsp3) is 0.0952. The van der Waals surface area contributed by atoms with Crippen molar-refractivity contribution in [3.05, 3.63) is 78.1 Å². The van der Waals surface area contributed by atoms with E-state index in [0.717, 1.165) is 27.9 Å². The lowest BCUT2D eigenvalue weighted by molar-refractivity contribution is 0.0949. The Labute approximate surface area is 165 Å². The Bertz CT molecular complexity index is 1340. The number of oxazole rings is 1. The molecular formula is C21H16N6O2. The van der Waals surface area contributed by atoms with Crippen LogP contribution in [-0.2, 0) is 6.54 Å². The zero-order valence-electron chi connectivity index (χ0n) is 15.5. The number of aromatic nitrogens is 5. The van der Waals surface area contributed by atoms with Gasteiger partial charge in [0.25, 0.3) is 5.91 Å². The maximum absolute atomic E-state index is 12.4. The summed E-state index contributed by atoms with van der Waals surface area (Å²) in [5.74, 6) is 0.842.